The quantitative estimate of drug-likeness (QED) is 0.452. The van der Waals surface area contributed by atoms with Gasteiger partial charge in [-0.1, -0.05) is 0 Å². The molecule has 0 fully saturated rings. The molecular formula is C12H10BrN5O4. The lowest BCUT2D eigenvalue weighted by atomic mass is 10.2. The third kappa shape index (κ3) is 3.34. The zero-order valence-electron chi connectivity index (χ0n) is 11.6. The average Bonchev–Trinajstić information content (AvgIpc) is 2.53. The zero-order chi connectivity index (χ0) is 16.1. The zero-order valence-corrected chi connectivity index (χ0v) is 13.1. The molecule has 0 unspecified atom stereocenters. The third-order valence-corrected chi connectivity index (χ3v) is 3.17. The summed E-state index contributed by atoms with van der Waals surface area (Å²) in [7, 11) is 2.85. The van der Waals surface area contributed by atoms with Crippen LogP contribution in [0.1, 0.15) is 5.56 Å². The van der Waals surface area contributed by atoms with Crippen LogP contribution in [0.2, 0.25) is 0 Å². The molecule has 0 spiro atoms. The van der Waals surface area contributed by atoms with Crippen molar-refractivity contribution in [3.63, 3.8) is 0 Å². The van der Waals surface area contributed by atoms with E-state index in [-0.39, 0.29) is 23.1 Å². The first-order chi connectivity index (χ1) is 10.6. The van der Waals surface area contributed by atoms with E-state index in [0.717, 1.165) is 6.20 Å². The Bertz CT molecular complexity index is 737. The number of rotatable bonds is 5. The fourth-order valence-electron chi connectivity index (χ4n) is 1.52. The summed E-state index contributed by atoms with van der Waals surface area (Å²) in [5, 5.41) is 11.0. The van der Waals surface area contributed by atoms with Crippen LogP contribution in [0.5, 0.6) is 11.9 Å². The highest BCUT2D eigenvalue weighted by atomic mass is 79.9. The number of ether oxygens (including phenoxy) is 2. The lowest BCUT2D eigenvalue weighted by Gasteiger charge is -2.04. The molecule has 0 atom stereocenters. The Morgan fingerprint density at radius 1 is 1.32 bits per heavy atom. The molecule has 2 rings (SSSR count). The van der Waals surface area contributed by atoms with Gasteiger partial charge < -0.3 is 9.47 Å². The van der Waals surface area contributed by atoms with E-state index in [1.54, 1.807) is 0 Å². The third-order valence-electron chi connectivity index (χ3n) is 2.54. The van der Waals surface area contributed by atoms with Crippen LogP contribution < -0.4 is 9.47 Å². The topological polar surface area (TPSA) is 113 Å². The molecule has 0 aliphatic heterocycles. The van der Waals surface area contributed by atoms with E-state index in [0.29, 0.717) is 10.2 Å². The molecule has 2 aromatic rings. The van der Waals surface area contributed by atoms with Crippen molar-refractivity contribution >= 4 is 33.5 Å². The van der Waals surface area contributed by atoms with Gasteiger partial charge in [0.1, 0.15) is 11.9 Å². The summed E-state index contributed by atoms with van der Waals surface area (Å²) in [6.45, 7) is 0. The summed E-state index contributed by atoms with van der Waals surface area (Å²) in [5.41, 5.74) is 0.408. The normalized spacial score (nSPS) is 10.7. The van der Waals surface area contributed by atoms with Crippen molar-refractivity contribution in [2.45, 2.75) is 0 Å². The maximum atomic E-state index is 11.0. The molecule has 0 aliphatic carbocycles. The number of methoxy groups -OCH3 is 2. The largest absolute Gasteiger partial charge is 0.479 e. The Morgan fingerprint density at radius 3 is 2.73 bits per heavy atom. The van der Waals surface area contributed by atoms with Crippen LogP contribution in [0.4, 0.5) is 11.4 Å². The first-order valence-electron chi connectivity index (χ1n) is 5.83. The Morgan fingerprint density at radius 2 is 2.09 bits per heavy atom. The van der Waals surface area contributed by atoms with Crippen LogP contribution in [0, 0.1) is 10.1 Å². The molecular weight excluding hydrogens is 358 g/mol. The number of pyridine rings is 1. The SMILES string of the molecule is COc1ncc(N=Cc2c(Br)cncc2[N+](=O)[O-])c(OC)n1. The van der Waals surface area contributed by atoms with Crippen LogP contribution in [0.25, 0.3) is 0 Å². The standard InChI is InChI=1S/C12H10BrN5O4/c1-21-11-9(5-16-12(17-11)22-2)15-3-7-8(13)4-14-6-10(7)18(19)20/h3-6H,1-2H3. The van der Waals surface area contributed by atoms with Crippen LogP contribution in [-0.2, 0) is 0 Å². The van der Waals surface area contributed by atoms with Gasteiger partial charge in [-0.05, 0) is 15.9 Å². The van der Waals surface area contributed by atoms with Gasteiger partial charge in [0, 0.05) is 12.4 Å². The minimum absolute atomic E-state index is 0.131. The fraction of sp³-hybridized carbons (Fsp3) is 0.167. The van der Waals surface area contributed by atoms with Crippen molar-refractivity contribution < 1.29 is 14.4 Å². The highest BCUT2D eigenvalue weighted by Gasteiger charge is 2.16. The van der Waals surface area contributed by atoms with E-state index in [1.807, 2.05) is 0 Å². The van der Waals surface area contributed by atoms with E-state index in [4.69, 9.17) is 9.47 Å². The Balaban J connectivity index is 2.43. The summed E-state index contributed by atoms with van der Waals surface area (Å²) in [4.78, 5) is 26.3. The predicted molar refractivity (Wildman–Crippen MR) is 81.0 cm³/mol. The van der Waals surface area contributed by atoms with E-state index in [9.17, 15) is 10.1 Å². The van der Waals surface area contributed by atoms with Gasteiger partial charge in [0.15, 0.2) is 0 Å². The summed E-state index contributed by atoms with van der Waals surface area (Å²) in [5.74, 6) is 0.191. The lowest BCUT2D eigenvalue weighted by molar-refractivity contribution is -0.385. The van der Waals surface area contributed by atoms with Gasteiger partial charge in [-0.2, -0.15) is 4.98 Å². The molecule has 9 nitrogen and oxygen atoms in total. The molecule has 0 aliphatic rings. The number of nitro groups is 1. The van der Waals surface area contributed by atoms with Gasteiger partial charge in [0.25, 0.3) is 5.69 Å². The summed E-state index contributed by atoms with van der Waals surface area (Å²) >= 11 is 3.21. The number of aromatic nitrogens is 3. The van der Waals surface area contributed by atoms with E-state index in [1.165, 1.54) is 32.8 Å². The second kappa shape index (κ2) is 6.89. The summed E-state index contributed by atoms with van der Waals surface area (Å²) in [6, 6.07) is 0.131. The molecule has 0 bridgehead atoms. The van der Waals surface area contributed by atoms with Crippen LogP contribution in [0.15, 0.2) is 28.1 Å². The van der Waals surface area contributed by atoms with Crippen molar-refractivity contribution in [1.29, 1.82) is 0 Å². The van der Waals surface area contributed by atoms with Crippen molar-refractivity contribution in [3.8, 4) is 11.9 Å². The Kier molecular flexibility index (Phi) is 4.94. The second-order valence-electron chi connectivity index (χ2n) is 3.82. The Labute approximate surface area is 133 Å². The number of hydrogen-bond donors (Lipinski definition) is 0. The van der Waals surface area contributed by atoms with Gasteiger partial charge in [0.2, 0.25) is 5.88 Å². The van der Waals surface area contributed by atoms with Crippen LogP contribution in [0.3, 0.4) is 0 Å². The van der Waals surface area contributed by atoms with E-state index >= 15 is 0 Å². The molecule has 0 radical (unpaired) electrons. The smallest absolute Gasteiger partial charge is 0.319 e. The number of aliphatic imine (C=N–C) groups is 1. The molecule has 0 saturated carbocycles. The maximum Gasteiger partial charge on any atom is 0.319 e. The first kappa shape index (κ1) is 15.8. The van der Waals surface area contributed by atoms with Crippen molar-refractivity contribution in [2.24, 2.45) is 4.99 Å². The molecule has 0 aromatic carbocycles. The van der Waals surface area contributed by atoms with Crippen molar-refractivity contribution in [2.75, 3.05) is 14.2 Å². The molecule has 2 heterocycles. The minimum atomic E-state index is -0.541. The highest BCUT2D eigenvalue weighted by molar-refractivity contribution is 9.10. The Hall–Kier alpha value is -2.62. The predicted octanol–water partition coefficient (Wildman–Crippen LogP) is 2.31. The van der Waals surface area contributed by atoms with Gasteiger partial charge in [-0.3, -0.25) is 15.1 Å². The molecule has 0 amide bonds. The van der Waals surface area contributed by atoms with E-state index < -0.39 is 4.92 Å². The van der Waals surface area contributed by atoms with Crippen LogP contribution in [-0.4, -0.2) is 40.3 Å². The summed E-state index contributed by atoms with van der Waals surface area (Å²) in [6.07, 6.45) is 5.30. The monoisotopic (exact) mass is 367 g/mol. The lowest BCUT2D eigenvalue weighted by Crippen LogP contribution is -1.98. The second-order valence-corrected chi connectivity index (χ2v) is 4.67. The number of nitrogens with zero attached hydrogens (tertiary/aromatic N) is 5. The fourth-order valence-corrected chi connectivity index (χ4v) is 1.95. The van der Waals surface area contributed by atoms with Crippen molar-refractivity contribution in [3.05, 3.63) is 38.7 Å². The maximum absolute atomic E-state index is 11.0. The van der Waals surface area contributed by atoms with Gasteiger partial charge >= 0.3 is 6.01 Å². The summed E-state index contributed by atoms with van der Waals surface area (Å²) < 4.78 is 10.4. The van der Waals surface area contributed by atoms with Gasteiger partial charge in [-0.25, -0.2) is 9.98 Å². The number of halogens is 1. The van der Waals surface area contributed by atoms with Crippen LogP contribution >= 0.6 is 15.9 Å². The van der Waals surface area contributed by atoms with Gasteiger partial charge in [0.05, 0.1) is 35.4 Å². The molecule has 2 aromatic heterocycles. The minimum Gasteiger partial charge on any atom is -0.479 e. The van der Waals surface area contributed by atoms with Crippen molar-refractivity contribution in [1.82, 2.24) is 15.0 Å². The van der Waals surface area contributed by atoms with E-state index in [2.05, 4.69) is 35.9 Å². The molecule has 10 heteroatoms. The van der Waals surface area contributed by atoms with Gasteiger partial charge in [-0.15, -0.1) is 0 Å². The molecule has 22 heavy (non-hydrogen) atoms. The molecule has 0 saturated heterocycles. The first-order valence-corrected chi connectivity index (χ1v) is 6.63. The average molecular weight is 368 g/mol. The molecule has 114 valence electrons. The number of hydrogen-bond acceptors (Lipinski definition) is 8. The highest BCUT2D eigenvalue weighted by Crippen LogP contribution is 2.28. The molecule has 0 N–H and O–H groups in total.